The molecule has 0 aromatic heterocycles. The number of hydrogen-bond acceptors (Lipinski definition) is 31. The molecule has 0 spiro atoms. The second-order valence-corrected chi connectivity index (χ2v) is 32.2. The Balaban J connectivity index is 0.000000146. The van der Waals surface area contributed by atoms with Gasteiger partial charge in [-0.3, -0.25) is 28.8 Å². The third kappa shape index (κ3) is 26.2. The summed E-state index contributed by atoms with van der Waals surface area (Å²) >= 11 is 0. The van der Waals surface area contributed by atoms with Gasteiger partial charge in [0.05, 0.1) is 96.4 Å². The molecule has 0 fully saturated rings. The van der Waals surface area contributed by atoms with Gasteiger partial charge in [-0.25, -0.2) is 0 Å². The molecular formula is C114H108O31. The number of carbonyl (C=O) groups is 6. The summed E-state index contributed by atoms with van der Waals surface area (Å²) in [6, 6.07) is 51.3. The molecule has 0 unspecified atom stereocenters. The van der Waals surface area contributed by atoms with Crippen LogP contribution in [0.4, 0.5) is 0 Å². The number of aryl methyl sites for hydroxylation is 6. The van der Waals surface area contributed by atoms with Crippen LogP contribution in [0.25, 0.3) is 36.5 Å². The lowest BCUT2D eigenvalue weighted by molar-refractivity contribution is 0.103. The van der Waals surface area contributed by atoms with E-state index in [4.69, 9.17) is 114 Å². The maximum Gasteiger partial charge on any atom is 0.231 e. The van der Waals surface area contributed by atoms with Crippen molar-refractivity contribution in [3.8, 4) is 144 Å². The predicted molar refractivity (Wildman–Crippen MR) is 543 cm³/mol. The molecule has 12 aromatic rings. The van der Waals surface area contributed by atoms with E-state index in [1.807, 2.05) is 120 Å². The number of aromatic hydroxyl groups is 1. The maximum atomic E-state index is 12.6. The fourth-order valence-electron chi connectivity index (χ4n) is 15.4. The summed E-state index contributed by atoms with van der Waals surface area (Å²) < 4.78 is 127. The second-order valence-electron chi connectivity index (χ2n) is 32.2. The first kappa shape index (κ1) is 104. The number of carbonyl (C=O) groups excluding carboxylic acids is 6. The van der Waals surface area contributed by atoms with Gasteiger partial charge in [-0.15, -0.1) is 0 Å². The average molecular weight is 1970 g/mol. The molecule has 12 aromatic carbocycles. The highest BCUT2D eigenvalue weighted by Gasteiger charge is 2.26. The molecule has 0 saturated carbocycles. The highest BCUT2D eigenvalue weighted by Crippen LogP contribution is 2.46. The van der Waals surface area contributed by atoms with Crippen LogP contribution in [-0.4, -0.2) is 166 Å². The van der Waals surface area contributed by atoms with Crippen LogP contribution in [0.5, 0.6) is 144 Å². The Kier molecular flexibility index (Phi) is 35.5. The molecule has 31 heteroatoms. The minimum atomic E-state index is -0.244. The number of ketones is 6. The third-order valence-corrected chi connectivity index (χ3v) is 22.7. The number of hydrogen-bond donors (Lipinski definition) is 1. The van der Waals surface area contributed by atoms with Crippen molar-refractivity contribution in [3.05, 3.63) is 313 Å². The lowest BCUT2D eigenvalue weighted by atomic mass is 10.1. The molecule has 1 N–H and O–H groups in total. The van der Waals surface area contributed by atoms with E-state index < -0.39 is 0 Å². The number of allylic oxidation sites excluding steroid dienone is 6. The molecular weight excluding hydrogens is 1870 g/mol. The van der Waals surface area contributed by atoms with E-state index in [0.717, 1.165) is 101 Å². The van der Waals surface area contributed by atoms with E-state index in [9.17, 15) is 33.9 Å². The van der Waals surface area contributed by atoms with Crippen molar-refractivity contribution in [2.75, 3.05) is 126 Å². The van der Waals surface area contributed by atoms with Crippen LogP contribution >= 0.6 is 0 Å². The Labute approximate surface area is 838 Å². The van der Waals surface area contributed by atoms with Gasteiger partial charge in [-0.05, 0) is 296 Å². The zero-order valence-electron chi connectivity index (χ0n) is 83.1. The van der Waals surface area contributed by atoms with Crippen molar-refractivity contribution in [1.29, 1.82) is 0 Å². The van der Waals surface area contributed by atoms with E-state index in [1.54, 1.807) is 163 Å². The monoisotopic (exact) mass is 1970 g/mol. The molecule has 750 valence electrons. The molecule has 6 heterocycles. The summed E-state index contributed by atoms with van der Waals surface area (Å²) in [5.41, 5.74) is 13.8. The summed E-state index contributed by atoms with van der Waals surface area (Å²) in [5, 5.41) is 9.92. The van der Waals surface area contributed by atoms with Crippen molar-refractivity contribution in [1.82, 2.24) is 0 Å². The van der Waals surface area contributed by atoms with Crippen molar-refractivity contribution in [2.24, 2.45) is 0 Å². The Morgan fingerprint density at radius 1 is 0.228 bits per heavy atom. The van der Waals surface area contributed by atoms with E-state index >= 15 is 0 Å². The third-order valence-electron chi connectivity index (χ3n) is 22.7. The summed E-state index contributed by atoms with van der Waals surface area (Å²) in [5.74, 6) is 13.3. The van der Waals surface area contributed by atoms with Crippen LogP contribution in [0.3, 0.4) is 0 Å². The fraction of sp³-hybridized carbons (Fsp3) is 0.211. The van der Waals surface area contributed by atoms with Gasteiger partial charge in [-0.1, -0.05) is 48.6 Å². The predicted octanol–water partition coefficient (Wildman–Crippen LogP) is 21.5. The van der Waals surface area contributed by atoms with Crippen LogP contribution in [0, 0.1) is 41.5 Å². The normalized spacial score (nSPS) is 12.5. The van der Waals surface area contributed by atoms with Gasteiger partial charge in [0.25, 0.3) is 0 Å². The van der Waals surface area contributed by atoms with E-state index in [-0.39, 0.29) is 92.7 Å². The summed E-state index contributed by atoms with van der Waals surface area (Å²) in [6.07, 6.45) is 19.5. The minimum absolute atomic E-state index is 0.0748. The quantitative estimate of drug-likeness (QED) is 0.0323. The van der Waals surface area contributed by atoms with Crippen molar-refractivity contribution in [2.45, 2.75) is 41.5 Å². The fourth-order valence-corrected chi connectivity index (χ4v) is 15.4. The Morgan fingerprint density at radius 3 is 0.807 bits per heavy atom. The molecule has 18 rings (SSSR count). The lowest BCUT2D eigenvalue weighted by Crippen LogP contribution is -2.00. The molecule has 145 heavy (non-hydrogen) atoms. The highest BCUT2D eigenvalue weighted by atomic mass is 16.7. The van der Waals surface area contributed by atoms with Crippen LogP contribution in [0.1, 0.15) is 129 Å². The summed E-state index contributed by atoms with van der Waals surface area (Å²) in [7, 11) is 18.2. The van der Waals surface area contributed by atoms with Gasteiger partial charge in [0.2, 0.25) is 52.3 Å². The first-order chi connectivity index (χ1) is 70.1. The molecule has 6 aliphatic heterocycles. The smallest absolute Gasteiger partial charge is 0.231 e. The number of phenols is 1. The molecule has 0 atom stereocenters. The maximum absolute atomic E-state index is 12.6. The first-order valence-electron chi connectivity index (χ1n) is 44.9. The zero-order valence-corrected chi connectivity index (χ0v) is 83.1. The number of phenolic OH excluding ortho intramolecular Hbond substituents is 1. The first-order valence-corrected chi connectivity index (χ1v) is 44.9. The minimum Gasteiger partial charge on any atom is -0.502 e. The molecule has 0 saturated heterocycles. The number of fused-ring (bicyclic) bond motifs is 6. The Bertz CT molecular complexity index is 6960. The van der Waals surface area contributed by atoms with Gasteiger partial charge in [-0.2, -0.15) is 0 Å². The van der Waals surface area contributed by atoms with Crippen molar-refractivity contribution >= 4 is 71.2 Å². The van der Waals surface area contributed by atoms with E-state index in [0.29, 0.717) is 125 Å². The number of ether oxygens (including phenoxy) is 24. The number of benzene rings is 12. The Morgan fingerprint density at radius 2 is 0.497 bits per heavy atom. The van der Waals surface area contributed by atoms with Gasteiger partial charge in [0, 0.05) is 34.4 Å². The molecule has 0 radical (unpaired) electrons. The van der Waals surface area contributed by atoms with Crippen LogP contribution in [0.2, 0.25) is 0 Å². The topological polar surface area (TPSA) is 344 Å². The molecule has 31 nitrogen and oxygen atoms in total. The van der Waals surface area contributed by atoms with Crippen molar-refractivity contribution in [3.63, 3.8) is 0 Å². The number of methoxy groups -OCH3 is 12. The number of rotatable bonds is 30. The SMILES string of the molecule is COc1cc(C(=O)/C=C/c2cc(C)c3c(c2)OCO3)cc(OC)c1O.COc1cc(C(=O)/C=C/c2cc(C)c3c(c2)OCO3)cc(OC)c1OC.COc1cc(OC)cc(C(=O)/C=C/c2cc(C)c3c(c2)OCO3)c1.COc1ccc(C(=O)/C=C/c2cc(C)c3c(c2)OCO3)c(OC)c1.COc1ccc(OC)c(C(=O)/C=C/c2cc(C)c3c(c2)OCO3)c1.COc1cccc(C(=O)/C=C/c2cc(C)c3c(c2)OCO3)c1. The summed E-state index contributed by atoms with van der Waals surface area (Å²) in [6.45, 7) is 13.0. The molecule has 6 aliphatic rings. The molecule has 0 amide bonds. The van der Waals surface area contributed by atoms with Gasteiger partial charge in [0.1, 0.15) is 40.2 Å². The largest absolute Gasteiger partial charge is 0.502 e. The van der Waals surface area contributed by atoms with Gasteiger partial charge >= 0.3 is 0 Å². The standard InChI is InChI=1S/C20H20O6.C19H18O6.3C19H18O5.C18H16O4/c1-12-7-13(8-18-19(12)26-11-25-18)5-6-15(21)14-9-16(22-2)20(24-4)17(10-14)23-3;1-11-6-12(7-17-19(11)25-10-24-17)4-5-14(20)13-8-15(22-2)18(21)16(9-13)23-3;1-12-8-13(9-18-19(12)24-11-23-18)4-7-16(20)15-6-5-14(21-2)10-17(15)22-3;1-12-8-13(9-18-19(12)24-11-23-18)4-6-16(20)15-10-14(21-2)5-7-17(15)22-3;1-12-6-13(7-18-19(12)24-11-23-18)4-5-17(20)14-8-15(21-2)10-16(9-14)22-3;1-12-8-13(9-17-18(12)22-11-21-17)6-7-16(19)14-4-3-5-15(10-14)20-2/h5-10H,11H2,1-4H3;4-9,21H,10H2,1-3H3;3*4-10H,11H2,1-3H3;3-10H,11H2,1-2H3/b6-5+;5-4+;7-4+;6-4+;5-4+;7-6+. The van der Waals surface area contributed by atoms with Crippen LogP contribution in [0.15, 0.2) is 212 Å². The zero-order chi connectivity index (χ0) is 103. The highest BCUT2D eigenvalue weighted by molar-refractivity contribution is 6.12. The Hall–Kier alpha value is -17.9. The van der Waals surface area contributed by atoms with Crippen LogP contribution in [-0.2, 0) is 0 Å². The van der Waals surface area contributed by atoms with Crippen LogP contribution < -0.4 is 114 Å². The summed E-state index contributed by atoms with van der Waals surface area (Å²) in [4.78, 5) is 74.6. The molecule has 0 bridgehead atoms. The van der Waals surface area contributed by atoms with E-state index in [2.05, 4.69) is 0 Å². The van der Waals surface area contributed by atoms with Crippen molar-refractivity contribution < 1.29 is 148 Å². The van der Waals surface area contributed by atoms with E-state index in [1.165, 1.54) is 92.3 Å². The lowest BCUT2D eigenvalue weighted by Gasteiger charge is -2.13. The second kappa shape index (κ2) is 49.3. The molecule has 0 aliphatic carbocycles. The average Bonchev–Trinajstić information content (AvgIpc) is 1.78. The van der Waals surface area contributed by atoms with Gasteiger partial charge in [0.15, 0.2) is 127 Å². The van der Waals surface area contributed by atoms with Gasteiger partial charge < -0.3 is 119 Å².